The minimum atomic E-state index is 0.115. The second-order valence-electron chi connectivity index (χ2n) is 7.32. The Bertz CT molecular complexity index is 1020. The molecule has 0 radical (unpaired) electrons. The maximum atomic E-state index is 12.5. The molecule has 1 aromatic heterocycles. The first-order chi connectivity index (χ1) is 13.0. The molecule has 138 valence electrons. The Morgan fingerprint density at radius 1 is 1.15 bits per heavy atom. The van der Waals surface area contributed by atoms with Crippen LogP contribution in [0.15, 0.2) is 42.5 Å². The fraction of sp³-hybridized carbons (Fsp3) is 0.318. The Morgan fingerprint density at radius 2 is 1.93 bits per heavy atom. The minimum absolute atomic E-state index is 0.115. The molecule has 0 saturated carbocycles. The number of fused-ring (bicyclic) bond motifs is 1. The fourth-order valence-corrected chi connectivity index (χ4v) is 3.75. The van der Waals surface area contributed by atoms with Crippen LogP contribution in [0.3, 0.4) is 0 Å². The van der Waals surface area contributed by atoms with Gasteiger partial charge in [0.1, 0.15) is 5.69 Å². The Labute approximate surface area is 159 Å². The number of para-hydroxylation sites is 1. The average Bonchev–Trinajstić information content (AvgIpc) is 3.21. The molecule has 5 heteroatoms. The maximum Gasteiger partial charge on any atom is 0.254 e. The zero-order valence-electron chi connectivity index (χ0n) is 16.2. The van der Waals surface area contributed by atoms with Crippen LogP contribution in [0.5, 0.6) is 0 Å². The van der Waals surface area contributed by atoms with Crippen LogP contribution in [-0.4, -0.2) is 31.8 Å². The van der Waals surface area contributed by atoms with E-state index >= 15 is 0 Å². The van der Waals surface area contributed by atoms with E-state index in [-0.39, 0.29) is 11.9 Å². The van der Waals surface area contributed by atoms with Gasteiger partial charge in [0.2, 0.25) is 0 Å². The largest absolute Gasteiger partial charge is 0.332 e. The van der Waals surface area contributed by atoms with Crippen molar-refractivity contribution >= 4 is 5.91 Å². The number of nitrogens with zero attached hydrogens (tertiary/aromatic N) is 4. The summed E-state index contributed by atoms with van der Waals surface area (Å²) in [6.45, 7) is 8.94. The molecule has 1 aliphatic rings. The van der Waals surface area contributed by atoms with Gasteiger partial charge in [0, 0.05) is 23.7 Å². The molecule has 1 aliphatic heterocycles. The molecule has 0 aliphatic carbocycles. The molecule has 2 heterocycles. The first kappa shape index (κ1) is 17.5. The monoisotopic (exact) mass is 360 g/mol. The molecule has 0 fully saturated rings. The quantitative estimate of drug-likeness (QED) is 0.702. The number of carbonyl (C=O) groups excluding carboxylic acids is 1. The summed E-state index contributed by atoms with van der Waals surface area (Å²) in [5.74, 6) is 0.115. The van der Waals surface area contributed by atoms with E-state index in [1.165, 1.54) is 5.56 Å². The minimum Gasteiger partial charge on any atom is -0.332 e. The van der Waals surface area contributed by atoms with Crippen molar-refractivity contribution in [2.24, 2.45) is 0 Å². The Morgan fingerprint density at radius 3 is 2.67 bits per heavy atom. The number of aromatic nitrogens is 3. The standard InChI is InChI=1S/C22H24N4O/c1-5-16-8-6-7-9-20(16)26-15(4)21(23-24-26)17-10-11-19-18(12-17)13-25(14(2)3)22(19)27/h6-12,14H,5,13H2,1-4H3. The number of hydrogen-bond acceptors (Lipinski definition) is 3. The van der Waals surface area contributed by atoms with Gasteiger partial charge in [-0.15, -0.1) is 5.10 Å². The van der Waals surface area contributed by atoms with E-state index in [1.807, 2.05) is 54.6 Å². The van der Waals surface area contributed by atoms with Gasteiger partial charge in [-0.2, -0.15) is 0 Å². The van der Waals surface area contributed by atoms with Gasteiger partial charge in [-0.3, -0.25) is 4.79 Å². The lowest BCUT2D eigenvalue weighted by atomic mass is 10.0. The van der Waals surface area contributed by atoms with E-state index < -0.39 is 0 Å². The number of aryl methyl sites for hydroxylation is 1. The van der Waals surface area contributed by atoms with Crippen molar-refractivity contribution in [3.05, 3.63) is 64.8 Å². The molecular weight excluding hydrogens is 336 g/mol. The van der Waals surface area contributed by atoms with Gasteiger partial charge in [0.15, 0.2) is 0 Å². The highest BCUT2D eigenvalue weighted by Gasteiger charge is 2.29. The molecule has 0 bridgehead atoms. The van der Waals surface area contributed by atoms with Gasteiger partial charge in [-0.25, -0.2) is 4.68 Å². The summed E-state index contributed by atoms with van der Waals surface area (Å²) >= 11 is 0. The molecule has 0 N–H and O–H groups in total. The molecular formula is C22H24N4O. The zero-order valence-corrected chi connectivity index (χ0v) is 16.2. The van der Waals surface area contributed by atoms with Crippen molar-refractivity contribution in [1.82, 2.24) is 19.9 Å². The number of hydrogen-bond donors (Lipinski definition) is 0. The van der Waals surface area contributed by atoms with Crippen LogP contribution in [0.2, 0.25) is 0 Å². The third kappa shape index (κ3) is 2.83. The second kappa shape index (κ2) is 6.65. The van der Waals surface area contributed by atoms with Gasteiger partial charge in [0.25, 0.3) is 5.91 Å². The molecule has 27 heavy (non-hydrogen) atoms. The van der Waals surface area contributed by atoms with Crippen molar-refractivity contribution in [2.45, 2.75) is 46.7 Å². The van der Waals surface area contributed by atoms with Gasteiger partial charge in [-0.05, 0) is 56.5 Å². The van der Waals surface area contributed by atoms with E-state index in [2.05, 4.69) is 35.4 Å². The third-order valence-corrected chi connectivity index (χ3v) is 5.33. The normalized spacial score (nSPS) is 13.5. The predicted octanol–water partition coefficient (Wildman–Crippen LogP) is 4.17. The highest BCUT2D eigenvalue weighted by Crippen LogP contribution is 2.30. The number of benzene rings is 2. The first-order valence-corrected chi connectivity index (χ1v) is 9.46. The molecule has 0 atom stereocenters. The zero-order chi connectivity index (χ0) is 19.1. The SMILES string of the molecule is CCc1ccccc1-n1nnc(-c2ccc3c(c2)CN(C(C)C)C3=O)c1C. The molecule has 0 unspecified atom stereocenters. The highest BCUT2D eigenvalue weighted by atomic mass is 16.2. The Balaban J connectivity index is 1.74. The van der Waals surface area contributed by atoms with Crippen LogP contribution >= 0.6 is 0 Å². The van der Waals surface area contributed by atoms with Crippen LogP contribution in [0.25, 0.3) is 16.9 Å². The summed E-state index contributed by atoms with van der Waals surface area (Å²) in [5.41, 5.74) is 7.04. The van der Waals surface area contributed by atoms with E-state index in [0.29, 0.717) is 6.54 Å². The van der Waals surface area contributed by atoms with Crippen molar-refractivity contribution in [3.8, 4) is 16.9 Å². The van der Waals surface area contributed by atoms with E-state index in [9.17, 15) is 4.79 Å². The molecule has 2 aromatic carbocycles. The van der Waals surface area contributed by atoms with E-state index in [0.717, 1.165) is 40.2 Å². The van der Waals surface area contributed by atoms with E-state index in [4.69, 9.17) is 0 Å². The molecule has 1 amide bonds. The van der Waals surface area contributed by atoms with Gasteiger partial charge in [-0.1, -0.05) is 36.4 Å². The lowest BCUT2D eigenvalue weighted by molar-refractivity contribution is 0.0730. The number of rotatable bonds is 4. The van der Waals surface area contributed by atoms with Crippen LogP contribution in [-0.2, 0) is 13.0 Å². The lowest BCUT2D eigenvalue weighted by Gasteiger charge is -2.19. The second-order valence-corrected chi connectivity index (χ2v) is 7.32. The summed E-state index contributed by atoms with van der Waals surface area (Å²) < 4.78 is 1.91. The summed E-state index contributed by atoms with van der Waals surface area (Å²) in [4.78, 5) is 14.4. The summed E-state index contributed by atoms with van der Waals surface area (Å²) in [5, 5.41) is 8.86. The summed E-state index contributed by atoms with van der Waals surface area (Å²) in [7, 11) is 0. The maximum absolute atomic E-state index is 12.5. The van der Waals surface area contributed by atoms with E-state index in [1.54, 1.807) is 0 Å². The lowest BCUT2D eigenvalue weighted by Crippen LogP contribution is -2.30. The van der Waals surface area contributed by atoms with Crippen LogP contribution in [0.1, 0.15) is 48.0 Å². The molecule has 4 rings (SSSR count). The summed E-state index contributed by atoms with van der Waals surface area (Å²) in [6, 6.07) is 14.5. The van der Waals surface area contributed by atoms with Gasteiger partial charge in [0.05, 0.1) is 11.4 Å². The predicted molar refractivity (Wildman–Crippen MR) is 106 cm³/mol. The highest BCUT2D eigenvalue weighted by molar-refractivity contribution is 5.99. The number of carbonyl (C=O) groups is 1. The van der Waals surface area contributed by atoms with Crippen molar-refractivity contribution in [2.75, 3.05) is 0 Å². The van der Waals surface area contributed by atoms with Gasteiger partial charge < -0.3 is 4.90 Å². The fourth-order valence-electron chi connectivity index (χ4n) is 3.75. The average molecular weight is 360 g/mol. The van der Waals surface area contributed by atoms with Crippen molar-refractivity contribution in [1.29, 1.82) is 0 Å². The molecule has 0 spiro atoms. The van der Waals surface area contributed by atoms with Crippen molar-refractivity contribution in [3.63, 3.8) is 0 Å². The molecule has 0 saturated heterocycles. The topological polar surface area (TPSA) is 51.0 Å². The smallest absolute Gasteiger partial charge is 0.254 e. The van der Waals surface area contributed by atoms with Crippen LogP contribution in [0, 0.1) is 6.92 Å². The molecule has 3 aromatic rings. The number of amides is 1. The molecule has 5 nitrogen and oxygen atoms in total. The Hall–Kier alpha value is -2.95. The summed E-state index contributed by atoms with van der Waals surface area (Å²) in [6.07, 6.45) is 0.941. The van der Waals surface area contributed by atoms with Crippen LogP contribution in [0.4, 0.5) is 0 Å². The first-order valence-electron chi connectivity index (χ1n) is 9.46. The Kier molecular flexibility index (Phi) is 4.30. The van der Waals surface area contributed by atoms with Crippen LogP contribution < -0.4 is 0 Å². The third-order valence-electron chi connectivity index (χ3n) is 5.33. The van der Waals surface area contributed by atoms with Crippen molar-refractivity contribution < 1.29 is 4.79 Å². The van der Waals surface area contributed by atoms with Gasteiger partial charge >= 0.3 is 0 Å².